The molecule has 6 nitrogen and oxygen atoms in total. The highest BCUT2D eigenvalue weighted by molar-refractivity contribution is 5.94. The highest BCUT2D eigenvalue weighted by Crippen LogP contribution is 2.12. The highest BCUT2D eigenvalue weighted by atomic mass is 16.6. The van der Waals surface area contributed by atoms with E-state index in [1.807, 2.05) is 37.3 Å². The minimum Gasteiger partial charge on any atom is -0.482 e. The molecule has 6 heteroatoms. The summed E-state index contributed by atoms with van der Waals surface area (Å²) in [5, 5.41) is 2.81. The number of amides is 1. The third kappa shape index (κ3) is 7.61. The summed E-state index contributed by atoms with van der Waals surface area (Å²) in [7, 11) is 0. The van der Waals surface area contributed by atoms with Gasteiger partial charge in [0.25, 0.3) is 5.91 Å². The number of nitrogens with one attached hydrogen (secondary N) is 1. The molecule has 0 aliphatic rings. The van der Waals surface area contributed by atoms with Crippen molar-refractivity contribution >= 4 is 17.7 Å². The van der Waals surface area contributed by atoms with Gasteiger partial charge in [0, 0.05) is 11.6 Å². The van der Waals surface area contributed by atoms with E-state index in [0.717, 1.165) is 12.8 Å². The Kier molecular flexibility index (Phi) is 8.21. The van der Waals surface area contributed by atoms with E-state index >= 15 is 0 Å². The van der Waals surface area contributed by atoms with Crippen molar-refractivity contribution in [2.24, 2.45) is 0 Å². The monoisotopic (exact) mass is 383 g/mol. The van der Waals surface area contributed by atoms with Gasteiger partial charge in [-0.25, -0.2) is 4.79 Å². The average Bonchev–Trinajstić information content (AvgIpc) is 2.70. The van der Waals surface area contributed by atoms with Gasteiger partial charge in [-0.1, -0.05) is 30.3 Å². The average molecular weight is 383 g/mol. The molecule has 2 aromatic carbocycles. The predicted octanol–water partition coefficient (Wildman–Crippen LogP) is 2.95. The van der Waals surface area contributed by atoms with E-state index in [1.54, 1.807) is 24.3 Å². The molecule has 1 amide bonds. The molecular formula is C22H25NO5. The molecule has 148 valence electrons. The van der Waals surface area contributed by atoms with Crippen LogP contribution in [0.3, 0.4) is 0 Å². The van der Waals surface area contributed by atoms with E-state index in [0.29, 0.717) is 11.3 Å². The van der Waals surface area contributed by atoms with Crippen molar-refractivity contribution in [3.8, 4) is 5.75 Å². The highest BCUT2D eigenvalue weighted by Gasteiger charge is 2.11. The maximum atomic E-state index is 11.9. The maximum Gasteiger partial charge on any atom is 0.344 e. The Morgan fingerprint density at radius 1 is 0.964 bits per heavy atom. The number of carbonyl (C=O) groups excluding carboxylic acids is 3. The van der Waals surface area contributed by atoms with Crippen molar-refractivity contribution in [3.05, 3.63) is 65.7 Å². The lowest BCUT2D eigenvalue weighted by molar-refractivity contribution is -0.150. The summed E-state index contributed by atoms with van der Waals surface area (Å²) in [6.07, 6.45) is 1.65. The molecule has 0 aliphatic carbocycles. The number of ether oxygens (including phenoxy) is 2. The summed E-state index contributed by atoms with van der Waals surface area (Å²) in [5.74, 6) is -0.585. The van der Waals surface area contributed by atoms with Gasteiger partial charge in [0.2, 0.25) is 0 Å². The number of rotatable bonds is 10. The molecule has 1 atom stereocenters. The van der Waals surface area contributed by atoms with Crippen molar-refractivity contribution in [2.45, 2.75) is 32.7 Å². The summed E-state index contributed by atoms with van der Waals surface area (Å²) in [5.41, 5.74) is 1.77. The van der Waals surface area contributed by atoms with Crippen LogP contribution in [-0.2, 0) is 20.7 Å². The van der Waals surface area contributed by atoms with Gasteiger partial charge in [-0.2, -0.15) is 0 Å². The van der Waals surface area contributed by atoms with E-state index in [1.165, 1.54) is 12.5 Å². The number of aryl methyl sites for hydroxylation is 1. The van der Waals surface area contributed by atoms with Gasteiger partial charge in [-0.05, 0) is 56.5 Å². The number of benzene rings is 2. The molecule has 0 saturated carbocycles. The Hall–Kier alpha value is -3.15. The van der Waals surface area contributed by atoms with Gasteiger partial charge in [0.05, 0.1) is 0 Å². The van der Waals surface area contributed by atoms with Crippen LogP contribution in [0.25, 0.3) is 0 Å². The number of hydrogen-bond donors (Lipinski definition) is 1. The largest absolute Gasteiger partial charge is 0.482 e. The molecule has 0 radical (unpaired) electrons. The Balaban J connectivity index is 1.63. The number of ketones is 1. The first-order chi connectivity index (χ1) is 13.4. The molecular weight excluding hydrogens is 358 g/mol. The molecule has 0 heterocycles. The second-order valence-electron chi connectivity index (χ2n) is 6.52. The first-order valence-electron chi connectivity index (χ1n) is 9.16. The van der Waals surface area contributed by atoms with Crippen molar-refractivity contribution in [1.82, 2.24) is 5.32 Å². The lowest BCUT2D eigenvalue weighted by Gasteiger charge is -2.14. The topological polar surface area (TPSA) is 81.7 Å². The molecule has 0 fully saturated rings. The zero-order valence-electron chi connectivity index (χ0n) is 16.1. The van der Waals surface area contributed by atoms with Crippen LogP contribution in [0.1, 0.15) is 36.2 Å². The summed E-state index contributed by atoms with van der Waals surface area (Å²) in [4.78, 5) is 34.8. The third-order valence-corrected chi connectivity index (χ3v) is 4.10. The number of Topliss-reactive ketones (excluding diaryl/α,β-unsaturated/α-hetero) is 1. The van der Waals surface area contributed by atoms with E-state index in [-0.39, 0.29) is 30.9 Å². The molecule has 2 aromatic rings. The molecule has 28 heavy (non-hydrogen) atoms. The Labute approximate surface area is 164 Å². The van der Waals surface area contributed by atoms with Gasteiger partial charge < -0.3 is 14.8 Å². The first kappa shape index (κ1) is 21.2. The predicted molar refractivity (Wildman–Crippen MR) is 105 cm³/mol. The van der Waals surface area contributed by atoms with Crippen molar-refractivity contribution in [3.63, 3.8) is 0 Å². The van der Waals surface area contributed by atoms with Gasteiger partial charge in [0.1, 0.15) is 5.75 Å². The summed E-state index contributed by atoms with van der Waals surface area (Å²) < 4.78 is 10.2. The van der Waals surface area contributed by atoms with Crippen LogP contribution >= 0.6 is 0 Å². The van der Waals surface area contributed by atoms with E-state index < -0.39 is 5.97 Å². The molecule has 0 bridgehead atoms. The van der Waals surface area contributed by atoms with Crippen LogP contribution in [0, 0.1) is 0 Å². The van der Waals surface area contributed by atoms with Gasteiger partial charge >= 0.3 is 5.97 Å². The van der Waals surface area contributed by atoms with E-state index in [9.17, 15) is 14.4 Å². The van der Waals surface area contributed by atoms with E-state index in [2.05, 4.69) is 5.32 Å². The van der Waals surface area contributed by atoms with Crippen molar-refractivity contribution in [2.75, 3.05) is 13.2 Å². The fourth-order valence-corrected chi connectivity index (χ4v) is 2.53. The van der Waals surface area contributed by atoms with Crippen LogP contribution in [0.5, 0.6) is 5.75 Å². The van der Waals surface area contributed by atoms with Crippen molar-refractivity contribution < 1.29 is 23.9 Å². The molecule has 0 saturated heterocycles. The Morgan fingerprint density at radius 2 is 1.64 bits per heavy atom. The van der Waals surface area contributed by atoms with Crippen LogP contribution in [0.2, 0.25) is 0 Å². The van der Waals surface area contributed by atoms with Gasteiger partial charge in [-0.3, -0.25) is 9.59 Å². The minimum atomic E-state index is -0.636. The van der Waals surface area contributed by atoms with Crippen LogP contribution in [0.15, 0.2) is 54.6 Å². The quantitative estimate of drug-likeness (QED) is 0.504. The summed E-state index contributed by atoms with van der Waals surface area (Å²) in [6.45, 7) is 2.73. The van der Waals surface area contributed by atoms with Crippen molar-refractivity contribution in [1.29, 1.82) is 0 Å². The summed E-state index contributed by atoms with van der Waals surface area (Å²) in [6, 6.07) is 16.4. The number of carbonyl (C=O) groups is 3. The van der Waals surface area contributed by atoms with Gasteiger partial charge in [-0.15, -0.1) is 0 Å². The minimum absolute atomic E-state index is 0.0255. The summed E-state index contributed by atoms with van der Waals surface area (Å²) >= 11 is 0. The fourth-order valence-electron chi connectivity index (χ4n) is 2.53. The molecule has 2 rings (SSSR count). The number of esters is 1. The number of hydrogen-bond acceptors (Lipinski definition) is 5. The zero-order valence-corrected chi connectivity index (χ0v) is 16.1. The lowest BCUT2D eigenvalue weighted by Crippen LogP contribution is -2.36. The maximum absolute atomic E-state index is 11.9. The van der Waals surface area contributed by atoms with Gasteiger partial charge in [0.15, 0.2) is 19.0 Å². The second-order valence-corrected chi connectivity index (χ2v) is 6.52. The standard InChI is InChI=1S/C22H25NO5/c1-16(8-9-18-6-4-3-5-7-18)23-21(25)14-28-22(26)15-27-20-12-10-19(11-13-20)17(2)24/h3-7,10-13,16H,8-9,14-15H2,1-2H3,(H,23,25)/t16-/m1/s1. The molecule has 1 N–H and O–H groups in total. The molecule has 0 unspecified atom stereocenters. The molecule has 0 spiro atoms. The molecule has 0 aliphatic heterocycles. The fraction of sp³-hybridized carbons (Fsp3) is 0.318. The normalized spacial score (nSPS) is 11.4. The zero-order chi connectivity index (χ0) is 20.4. The Bertz CT molecular complexity index is 786. The SMILES string of the molecule is CC(=O)c1ccc(OCC(=O)OCC(=O)N[C@H](C)CCc2ccccc2)cc1. The smallest absolute Gasteiger partial charge is 0.344 e. The van der Waals surface area contributed by atoms with Crippen LogP contribution in [-0.4, -0.2) is 36.9 Å². The third-order valence-electron chi connectivity index (χ3n) is 4.10. The Morgan fingerprint density at radius 3 is 2.29 bits per heavy atom. The molecule has 0 aromatic heterocycles. The second kappa shape index (κ2) is 10.9. The first-order valence-corrected chi connectivity index (χ1v) is 9.16. The lowest BCUT2D eigenvalue weighted by atomic mass is 10.1. The van der Waals surface area contributed by atoms with Crippen LogP contribution in [0.4, 0.5) is 0 Å². The van der Waals surface area contributed by atoms with E-state index in [4.69, 9.17) is 9.47 Å². The van der Waals surface area contributed by atoms with Crippen LogP contribution < -0.4 is 10.1 Å².